The van der Waals surface area contributed by atoms with Crippen LogP contribution in [0.3, 0.4) is 0 Å². The topological polar surface area (TPSA) is 90.5 Å². The first-order valence-electron chi connectivity index (χ1n) is 5.82. The minimum absolute atomic E-state index is 0.221. The van der Waals surface area contributed by atoms with Crippen LogP contribution in [0.25, 0.3) is 0 Å². The van der Waals surface area contributed by atoms with Crippen LogP contribution in [0, 0.1) is 11.8 Å². The molecule has 1 aliphatic rings. The minimum atomic E-state index is -0.667. The van der Waals surface area contributed by atoms with Gasteiger partial charge in [-0.3, -0.25) is 19.3 Å². The van der Waals surface area contributed by atoms with Crippen molar-refractivity contribution in [1.82, 2.24) is 20.9 Å². The maximum absolute atomic E-state index is 11.9. The number of hydrogen-bond acceptors (Lipinski definition) is 4. The number of rotatable bonds is 3. The quantitative estimate of drug-likeness (QED) is 0.533. The summed E-state index contributed by atoms with van der Waals surface area (Å²) in [6, 6.07) is -0.614. The van der Waals surface area contributed by atoms with E-state index < -0.39 is 17.9 Å². The summed E-state index contributed by atoms with van der Waals surface area (Å²) in [7, 11) is 6.28. The van der Waals surface area contributed by atoms with Gasteiger partial charge in [0.15, 0.2) is 0 Å². The monoisotopic (exact) mass is 256 g/mol. The molecule has 3 atom stereocenters. The Morgan fingerprint density at radius 1 is 0.944 bits per heavy atom. The van der Waals surface area contributed by atoms with E-state index in [4.69, 9.17) is 0 Å². The molecule has 1 heterocycles. The van der Waals surface area contributed by atoms with Gasteiger partial charge in [-0.1, -0.05) is 0 Å². The lowest BCUT2D eigenvalue weighted by Crippen LogP contribution is -2.49. The summed E-state index contributed by atoms with van der Waals surface area (Å²) in [6.07, 6.45) is 0. The molecule has 7 nitrogen and oxygen atoms in total. The SMILES string of the molecule is CNC(=O)C1CN(C)C(C(=O)NC)C1C(=O)NC. The van der Waals surface area contributed by atoms with Crippen LogP contribution in [0.4, 0.5) is 0 Å². The van der Waals surface area contributed by atoms with Crippen LogP contribution < -0.4 is 16.0 Å². The summed E-state index contributed by atoms with van der Waals surface area (Å²) in [5, 5.41) is 7.59. The fourth-order valence-electron chi connectivity index (χ4n) is 2.47. The Labute approximate surface area is 106 Å². The second kappa shape index (κ2) is 5.81. The van der Waals surface area contributed by atoms with E-state index in [2.05, 4.69) is 16.0 Å². The molecule has 7 heteroatoms. The molecular formula is C11H20N4O3. The number of nitrogens with one attached hydrogen (secondary N) is 3. The molecule has 0 saturated carbocycles. The first kappa shape index (κ1) is 14.4. The van der Waals surface area contributed by atoms with Gasteiger partial charge in [0.1, 0.15) is 6.04 Å². The molecule has 1 fully saturated rings. The highest BCUT2D eigenvalue weighted by atomic mass is 16.2. The number of nitrogens with zero attached hydrogens (tertiary/aromatic N) is 1. The highest BCUT2D eigenvalue weighted by Gasteiger charge is 2.50. The smallest absolute Gasteiger partial charge is 0.237 e. The molecule has 0 radical (unpaired) electrons. The number of amides is 3. The molecule has 1 rings (SSSR count). The summed E-state index contributed by atoms with van der Waals surface area (Å²) < 4.78 is 0. The van der Waals surface area contributed by atoms with Crippen LogP contribution in [0.15, 0.2) is 0 Å². The number of carbonyl (C=O) groups is 3. The molecule has 3 amide bonds. The molecule has 0 spiro atoms. The Morgan fingerprint density at radius 2 is 1.44 bits per heavy atom. The third kappa shape index (κ3) is 2.45. The molecule has 18 heavy (non-hydrogen) atoms. The van der Waals surface area contributed by atoms with E-state index >= 15 is 0 Å². The average Bonchev–Trinajstić information content (AvgIpc) is 2.73. The van der Waals surface area contributed by atoms with Crippen molar-refractivity contribution in [2.75, 3.05) is 34.7 Å². The summed E-state index contributed by atoms with van der Waals surface area (Å²) >= 11 is 0. The fourth-order valence-corrected chi connectivity index (χ4v) is 2.47. The third-order valence-electron chi connectivity index (χ3n) is 3.38. The van der Waals surface area contributed by atoms with Gasteiger partial charge in [0, 0.05) is 27.7 Å². The molecule has 102 valence electrons. The summed E-state index contributed by atoms with van der Waals surface area (Å²) in [5.41, 5.74) is 0. The number of likely N-dealkylation sites (tertiary alicyclic amines) is 1. The first-order chi connectivity index (χ1) is 8.47. The predicted molar refractivity (Wildman–Crippen MR) is 65.6 cm³/mol. The molecule has 0 bridgehead atoms. The largest absolute Gasteiger partial charge is 0.359 e. The van der Waals surface area contributed by atoms with Crippen molar-refractivity contribution in [3.8, 4) is 0 Å². The van der Waals surface area contributed by atoms with Gasteiger partial charge in [-0.2, -0.15) is 0 Å². The summed E-state index contributed by atoms with van der Waals surface area (Å²) in [4.78, 5) is 37.3. The van der Waals surface area contributed by atoms with Crippen molar-refractivity contribution < 1.29 is 14.4 Å². The predicted octanol–water partition coefficient (Wildman–Crippen LogP) is -2.23. The van der Waals surface area contributed by atoms with Gasteiger partial charge in [0.05, 0.1) is 11.8 Å². The Balaban J connectivity index is 3.06. The first-order valence-corrected chi connectivity index (χ1v) is 5.82. The number of likely N-dealkylation sites (N-methyl/N-ethyl adjacent to an activating group) is 2. The Bertz CT molecular complexity index is 358. The standard InChI is InChI=1S/C11H20N4O3/c1-12-9(16)6-5-15(4)8(11(18)14-3)7(6)10(17)13-2/h6-8H,5H2,1-4H3,(H,12,16)(H,13,17)(H,14,18). The number of carbonyl (C=O) groups excluding carboxylic acids is 3. The van der Waals surface area contributed by atoms with Crippen LogP contribution in [-0.4, -0.2) is 63.4 Å². The summed E-state index contributed by atoms with van der Waals surface area (Å²) in [6.45, 7) is 0.385. The van der Waals surface area contributed by atoms with Gasteiger partial charge in [-0.15, -0.1) is 0 Å². The Kier molecular flexibility index (Phi) is 4.66. The van der Waals surface area contributed by atoms with E-state index in [0.717, 1.165) is 0 Å². The van der Waals surface area contributed by atoms with Gasteiger partial charge in [0.2, 0.25) is 17.7 Å². The number of hydrogen-bond donors (Lipinski definition) is 3. The molecule has 3 N–H and O–H groups in total. The maximum Gasteiger partial charge on any atom is 0.237 e. The molecule has 1 aliphatic heterocycles. The normalized spacial score (nSPS) is 27.7. The van der Waals surface area contributed by atoms with E-state index in [0.29, 0.717) is 6.54 Å². The van der Waals surface area contributed by atoms with E-state index in [1.165, 1.54) is 21.1 Å². The molecule has 0 aromatic carbocycles. The molecule has 3 unspecified atom stereocenters. The van der Waals surface area contributed by atoms with E-state index in [1.54, 1.807) is 11.9 Å². The van der Waals surface area contributed by atoms with E-state index in [-0.39, 0.29) is 17.7 Å². The van der Waals surface area contributed by atoms with Crippen LogP contribution >= 0.6 is 0 Å². The highest BCUT2D eigenvalue weighted by molar-refractivity contribution is 5.95. The Hall–Kier alpha value is -1.63. The fraction of sp³-hybridized carbons (Fsp3) is 0.727. The lowest BCUT2D eigenvalue weighted by atomic mass is 9.88. The highest BCUT2D eigenvalue weighted by Crippen LogP contribution is 2.29. The molecular weight excluding hydrogens is 236 g/mol. The van der Waals surface area contributed by atoms with Crippen molar-refractivity contribution in [2.24, 2.45) is 11.8 Å². The summed E-state index contributed by atoms with van der Waals surface area (Å²) in [5.74, 6) is -1.94. The molecule has 0 aromatic heterocycles. The van der Waals surface area contributed by atoms with Crippen LogP contribution in [0.1, 0.15) is 0 Å². The zero-order chi connectivity index (χ0) is 13.9. The zero-order valence-electron chi connectivity index (χ0n) is 11.1. The van der Waals surface area contributed by atoms with Gasteiger partial charge in [0.25, 0.3) is 0 Å². The van der Waals surface area contributed by atoms with Crippen molar-refractivity contribution in [3.05, 3.63) is 0 Å². The van der Waals surface area contributed by atoms with Gasteiger partial charge < -0.3 is 16.0 Å². The Morgan fingerprint density at radius 3 is 1.89 bits per heavy atom. The van der Waals surface area contributed by atoms with Crippen molar-refractivity contribution in [1.29, 1.82) is 0 Å². The van der Waals surface area contributed by atoms with Crippen LogP contribution in [0.2, 0.25) is 0 Å². The van der Waals surface area contributed by atoms with Crippen molar-refractivity contribution >= 4 is 17.7 Å². The van der Waals surface area contributed by atoms with E-state index in [9.17, 15) is 14.4 Å². The van der Waals surface area contributed by atoms with Gasteiger partial charge in [-0.05, 0) is 7.05 Å². The second-order valence-electron chi connectivity index (χ2n) is 4.36. The van der Waals surface area contributed by atoms with Crippen LogP contribution in [-0.2, 0) is 14.4 Å². The third-order valence-corrected chi connectivity index (χ3v) is 3.38. The maximum atomic E-state index is 11.9. The zero-order valence-corrected chi connectivity index (χ0v) is 11.1. The van der Waals surface area contributed by atoms with Crippen molar-refractivity contribution in [2.45, 2.75) is 6.04 Å². The van der Waals surface area contributed by atoms with Crippen molar-refractivity contribution in [3.63, 3.8) is 0 Å². The average molecular weight is 256 g/mol. The molecule has 1 saturated heterocycles. The lowest BCUT2D eigenvalue weighted by molar-refractivity contribution is -0.136. The van der Waals surface area contributed by atoms with Gasteiger partial charge >= 0.3 is 0 Å². The molecule has 0 aromatic rings. The molecule has 0 aliphatic carbocycles. The van der Waals surface area contributed by atoms with Gasteiger partial charge in [-0.25, -0.2) is 0 Å². The minimum Gasteiger partial charge on any atom is -0.359 e. The lowest BCUT2D eigenvalue weighted by Gasteiger charge is -2.23. The second-order valence-corrected chi connectivity index (χ2v) is 4.36. The van der Waals surface area contributed by atoms with Crippen LogP contribution in [0.5, 0.6) is 0 Å². The van der Waals surface area contributed by atoms with E-state index in [1.807, 2.05) is 0 Å².